The number of esters is 1. The summed E-state index contributed by atoms with van der Waals surface area (Å²) in [6, 6.07) is 3.00. The van der Waals surface area contributed by atoms with Gasteiger partial charge in [0.05, 0.1) is 12.0 Å². The maximum Gasteiger partial charge on any atom is 0.321 e. The smallest absolute Gasteiger partial charge is 0.321 e. The first-order valence-electron chi connectivity index (χ1n) is 5.44. The van der Waals surface area contributed by atoms with Crippen molar-refractivity contribution in [3.8, 4) is 0 Å². The maximum absolute atomic E-state index is 13.2. The fraction of sp³-hybridized carbons (Fsp3) is 0.364. The fourth-order valence-electron chi connectivity index (χ4n) is 1.46. The molecule has 1 aromatic rings. The molecule has 0 heterocycles. The molecule has 0 saturated heterocycles. The van der Waals surface area contributed by atoms with Crippen molar-refractivity contribution < 1.29 is 22.3 Å². The summed E-state index contributed by atoms with van der Waals surface area (Å²) in [7, 11) is -2.83. The molecular weight excluding hydrogens is 275 g/mol. The molecule has 1 aromatic carbocycles. The van der Waals surface area contributed by atoms with E-state index in [-0.39, 0.29) is 17.1 Å². The van der Waals surface area contributed by atoms with Gasteiger partial charge in [0.1, 0.15) is 12.4 Å². The number of methoxy groups -OCH3 is 1. The van der Waals surface area contributed by atoms with E-state index in [9.17, 15) is 17.6 Å². The lowest BCUT2D eigenvalue weighted by Gasteiger charge is -2.19. The van der Waals surface area contributed by atoms with Gasteiger partial charge in [0.25, 0.3) is 0 Å². The number of ether oxygens (including phenoxy) is 1. The standard InChI is InChI=1S/C11H15FN2O4S/c1-3-14(7-11(15)18-2)19(16,17)10-5-8(12)4-9(13)6-10/h4-6H,3,7,13H2,1-2H3. The first-order valence-corrected chi connectivity index (χ1v) is 6.88. The average molecular weight is 290 g/mol. The van der Waals surface area contributed by atoms with Gasteiger partial charge in [0, 0.05) is 12.2 Å². The zero-order valence-corrected chi connectivity index (χ0v) is 11.4. The quantitative estimate of drug-likeness (QED) is 0.633. The molecule has 0 spiro atoms. The Kier molecular flexibility index (Phi) is 4.84. The monoisotopic (exact) mass is 290 g/mol. The van der Waals surface area contributed by atoms with E-state index in [2.05, 4.69) is 4.74 Å². The Bertz CT molecular complexity index is 554. The molecule has 0 fully saturated rings. The highest BCUT2D eigenvalue weighted by atomic mass is 32.2. The number of hydrogen-bond donors (Lipinski definition) is 1. The molecular formula is C11H15FN2O4S. The number of anilines is 1. The maximum atomic E-state index is 13.2. The number of benzene rings is 1. The van der Waals surface area contributed by atoms with Crippen LogP contribution in [0.3, 0.4) is 0 Å². The van der Waals surface area contributed by atoms with Gasteiger partial charge in [-0.05, 0) is 18.2 Å². The van der Waals surface area contributed by atoms with Crippen LogP contribution in [-0.2, 0) is 19.6 Å². The van der Waals surface area contributed by atoms with Crippen LogP contribution in [0.1, 0.15) is 6.92 Å². The van der Waals surface area contributed by atoms with E-state index in [1.54, 1.807) is 6.92 Å². The highest BCUT2D eigenvalue weighted by Crippen LogP contribution is 2.19. The van der Waals surface area contributed by atoms with E-state index < -0.39 is 28.4 Å². The second-order valence-corrected chi connectivity index (χ2v) is 5.67. The Morgan fingerprint density at radius 2 is 2.05 bits per heavy atom. The number of carbonyl (C=O) groups excluding carboxylic acids is 1. The molecule has 2 N–H and O–H groups in total. The van der Waals surface area contributed by atoms with Crippen LogP contribution >= 0.6 is 0 Å². The summed E-state index contributed by atoms with van der Waals surface area (Å²) in [5.41, 5.74) is 5.40. The number of likely N-dealkylation sites (N-methyl/N-ethyl adjacent to an activating group) is 1. The van der Waals surface area contributed by atoms with Crippen LogP contribution in [0.4, 0.5) is 10.1 Å². The normalized spacial score (nSPS) is 11.6. The van der Waals surface area contributed by atoms with Crippen molar-refractivity contribution >= 4 is 21.7 Å². The topological polar surface area (TPSA) is 89.7 Å². The van der Waals surface area contributed by atoms with Gasteiger partial charge in [0.2, 0.25) is 10.0 Å². The van der Waals surface area contributed by atoms with Gasteiger partial charge in [-0.25, -0.2) is 12.8 Å². The van der Waals surface area contributed by atoms with Crippen molar-refractivity contribution in [1.82, 2.24) is 4.31 Å². The number of carbonyl (C=O) groups is 1. The Morgan fingerprint density at radius 3 is 2.53 bits per heavy atom. The van der Waals surface area contributed by atoms with Crippen molar-refractivity contribution in [1.29, 1.82) is 0 Å². The lowest BCUT2D eigenvalue weighted by atomic mass is 10.3. The summed E-state index contributed by atoms with van der Waals surface area (Å²) in [6.07, 6.45) is 0. The number of hydrogen-bond acceptors (Lipinski definition) is 5. The zero-order valence-electron chi connectivity index (χ0n) is 10.6. The van der Waals surface area contributed by atoms with Gasteiger partial charge < -0.3 is 10.5 Å². The van der Waals surface area contributed by atoms with E-state index in [4.69, 9.17) is 5.73 Å². The molecule has 0 aromatic heterocycles. The van der Waals surface area contributed by atoms with E-state index >= 15 is 0 Å². The van der Waals surface area contributed by atoms with Crippen molar-refractivity contribution in [3.63, 3.8) is 0 Å². The molecule has 8 heteroatoms. The molecule has 0 aliphatic heterocycles. The predicted octanol–water partition coefficient (Wildman–Crippen LogP) is 0.592. The summed E-state index contributed by atoms with van der Waals surface area (Å²) in [6.45, 7) is 1.17. The molecule has 0 aliphatic rings. The predicted molar refractivity (Wildman–Crippen MR) is 67.3 cm³/mol. The molecule has 0 atom stereocenters. The van der Waals surface area contributed by atoms with E-state index in [0.29, 0.717) is 0 Å². The second-order valence-electron chi connectivity index (χ2n) is 3.73. The fourth-order valence-corrected chi connectivity index (χ4v) is 2.92. The van der Waals surface area contributed by atoms with Gasteiger partial charge in [-0.15, -0.1) is 0 Å². The molecule has 0 aliphatic carbocycles. The second kappa shape index (κ2) is 5.98. The van der Waals surface area contributed by atoms with Crippen LogP contribution in [-0.4, -0.2) is 38.9 Å². The molecule has 0 bridgehead atoms. The summed E-state index contributed by atoms with van der Waals surface area (Å²) >= 11 is 0. The lowest BCUT2D eigenvalue weighted by Crippen LogP contribution is -2.36. The van der Waals surface area contributed by atoms with Gasteiger partial charge in [0.15, 0.2) is 0 Å². The SMILES string of the molecule is CCN(CC(=O)OC)S(=O)(=O)c1cc(N)cc(F)c1. The molecule has 0 saturated carbocycles. The minimum Gasteiger partial charge on any atom is -0.468 e. The third kappa shape index (κ3) is 3.65. The molecule has 0 radical (unpaired) electrons. The molecule has 1 rings (SSSR count). The van der Waals surface area contributed by atoms with Crippen molar-refractivity contribution in [3.05, 3.63) is 24.0 Å². The number of halogens is 1. The van der Waals surface area contributed by atoms with Crippen LogP contribution in [0, 0.1) is 5.82 Å². The summed E-state index contributed by atoms with van der Waals surface area (Å²) < 4.78 is 42.9. The number of rotatable bonds is 5. The number of nitrogens with two attached hydrogens (primary N) is 1. The molecule has 0 unspecified atom stereocenters. The highest BCUT2D eigenvalue weighted by molar-refractivity contribution is 7.89. The Morgan fingerprint density at radius 1 is 1.42 bits per heavy atom. The van der Waals surface area contributed by atoms with Gasteiger partial charge in [-0.2, -0.15) is 4.31 Å². The molecule has 0 amide bonds. The molecule has 19 heavy (non-hydrogen) atoms. The van der Waals surface area contributed by atoms with Gasteiger partial charge in [-0.1, -0.05) is 6.92 Å². The third-order valence-corrected chi connectivity index (χ3v) is 4.32. The van der Waals surface area contributed by atoms with Crippen molar-refractivity contribution in [2.45, 2.75) is 11.8 Å². The van der Waals surface area contributed by atoms with E-state index in [1.807, 2.05) is 0 Å². The number of nitrogens with zero attached hydrogens (tertiary/aromatic N) is 1. The van der Waals surface area contributed by atoms with Crippen LogP contribution < -0.4 is 5.73 Å². The lowest BCUT2D eigenvalue weighted by molar-refractivity contribution is -0.140. The Hall–Kier alpha value is -1.67. The van der Waals surface area contributed by atoms with Gasteiger partial charge in [-0.3, -0.25) is 4.79 Å². The van der Waals surface area contributed by atoms with E-state index in [0.717, 1.165) is 29.6 Å². The van der Waals surface area contributed by atoms with Crippen LogP contribution in [0.15, 0.2) is 23.1 Å². The van der Waals surface area contributed by atoms with Crippen LogP contribution in [0.2, 0.25) is 0 Å². The summed E-state index contributed by atoms with van der Waals surface area (Å²) in [4.78, 5) is 10.9. The number of nitrogen functional groups attached to an aromatic ring is 1. The Balaban J connectivity index is 3.16. The van der Waals surface area contributed by atoms with Crippen molar-refractivity contribution in [2.24, 2.45) is 0 Å². The number of sulfonamides is 1. The minimum absolute atomic E-state index is 0.00676. The largest absolute Gasteiger partial charge is 0.468 e. The highest BCUT2D eigenvalue weighted by Gasteiger charge is 2.26. The van der Waals surface area contributed by atoms with Crippen LogP contribution in [0.5, 0.6) is 0 Å². The van der Waals surface area contributed by atoms with E-state index in [1.165, 1.54) is 0 Å². The zero-order chi connectivity index (χ0) is 14.6. The Labute approximate surface area is 111 Å². The van der Waals surface area contributed by atoms with Crippen molar-refractivity contribution in [2.75, 3.05) is 25.9 Å². The first kappa shape index (κ1) is 15.4. The summed E-state index contributed by atoms with van der Waals surface area (Å²) in [5, 5.41) is 0. The average Bonchev–Trinajstić information content (AvgIpc) is 2.34. The first-order chi connectivity index (χ1) is 8.81. The summed E-state index contributed by atoms with van der Waals surface area (Å²) in [5.74, 6) is -1.46. The molecule has 6 nitrogen and oxygen atoms in total. The third-order valence-electron chi connectivity index (χ3n) is 2.42. The minimum atomic E-state index is -3.99. The molecule has 106 valence electrons. The van der Waals surface area contributed by atoms with Crippen LogP contribution in [0.25, 0.3) is 0 Å². The van der Waals surface area contributed by atoms with Gasteiger partial charge >= 0.3 is 5.97 Å².